The van der Waals surface area contributed by atoms with E-state index in [0.717, 1.165) is 13.1 Å². The van der Waals surface area contributed by atoms with Crippen LogP contribution in [-0.2, 0) is 9.84 Å². The van der Waals surface area contributed by atoms with Gasteiger partial charge in [0.1, 0.15) is 0 Å². The fourth-order valence-electron chi connectivity index (χ4n) is 2.34. The van der Waals surface area contributed by atoms with Crippen molar-refractivity contribution in [2.24, 2.45) is 0 Å². The highest BCUT2D eigenvalue weighted by Gasteiger charge is 2.31. The van der Waals surface area contributed by atoms with Gasteiger partial charge < -0.3 is 5.32 Å². The zero-order valence-corrected chi connectivity index (χ0v) is 13.9. The molecule has 5 heteroatoms. The molecular weight excluding hydrogens is 260 g/mol. The molecule has 0 saturated carbocycles. The lowest BCUT2D eigenvalue weighted by Crippen LogP contribution is -2.43. The lowest BCUT2D eigenvalue weighted by atomic mass is 10.2. The van der Waals surface area contributed by atoms with Gasteiger partial charge in [0, 0.05) is 25.2 Å². The molecule has 1 aliphatic rings. The Balaban J connectivity index is 2.48. The Hall–Kier alpha value is -0.130. The van der Waals surface area contributed by atoms with Gasteiger partial charge in [-0.05, 0) is 40.2 Å². The van der Waals surface area contributed by atoms with Crippen molar-refractivity contribution >= 4 is 9.84 Å². The van der Waals surface area contributed by atoms with E-state index in [0.29, 0.717) is 18.6 Å². The van der Waals surface area contributed by atoms with Crippen LogP contribution in [0.25, 0.3) is 0 Å². The lowest BCUT2D eigenvalue weighted by Gasteiger charge is -2.27. The van der Waals surface area contributed by atoms with Crippen molar-refractivity contribution in [1.82, 2.24) is 10.2 Å². The fraction of sp³-hybridized carbons (Fsp3) is 1.00. The minimum atomic E-state index is -3.00. The van der Waals surface area contributed by atoms with Gasteiger partial charge in [0.25, 0.3) is 0 Å². The largest absolute Gasteiger partial charge is 0.313 e. The fourth-order valence-corrected chi connectivity index (χ4v) is 3.42. The summed E-state index contributed by atoms with van der Waals surface area (Å²) >= 11 is 0. The molecule has 1 saturated heterocycles. The first kappa shape index (κ1) is 16.9. The number of hydrogen-bond acceptors (Lipinski definition) is 4. The van der Waals surface area contributed by atoms with Crippen LogP contribution >= 0.6 is 0 Å². The number of hydrogen-bond donors (Lipinski definition) is 1. The Morgan fingerprint density at radius 1 is 1.32 bits per heavy atom. The van der Waals surface area contributed by atoms with Gasteiger partial charge in [-0.3, -0.25) is 4.90 Å². The van der Waals surface area contributed by atoms with Crippen LogP contribution in [0.2, 0.25) is 0 Å². The van der Waals surface area contributed by atoms with Crippen LogP contribution < -0.4 is 5.32 Å². The van der Waals surface area contributed by atoms with Crippen LogP contribution in [0.15, 0.2) is 0 Å². The van der Waals surface area contributed by atoms with Gasteiger partial charge in [0.05, 0.1) is 10.5 Å². The van der Waals surface area contributed by atoms with E-state index in [4.69, 9.17) is 0 Å². The standard InChI is InChI=1S/C14H30N2O2S/c1-12(2)15-11-13-7-6-8-16(13)9-10-19(17,18)14(3,4)5/h12-13,15H,6-11H2,1-5H3. The first-order valence-corrected chi connectivity index (χ1v) is 8.98. The zero-order valence-electron chi connectivity index (χ0n) is 13.1. The van der Waals surface area contributed by atoms with E-state index < -0.39 is 14.6 Å². The molecule has 0 aromatic rings. The highest BCUT2D eigenvalue weighted by atomic mass is 32.2. The van der Waals surface area contributed by atoms with Gasteiger partial charge in [0.2, 0.25) is 0 Å². The number of nitrogens with one attached hydrogen (secondary N) is 1. The predicted octanol–water partition coefficient (Wildman–Crippen LogP) is 1.66. The molecule has 1 unspecified atom stereocenters. The van der Waals surface area contributed by atoms with Crippen LogP contribution in [0.5, 0.6) is 0 Å². The summed E-state index contributed by atoms with van der Waals surface area (Å²) in [6, 6.07) is 0.985. The molecule has 1 heterocycles. The topological polar surface area (TPSA) is 49.4 Å². The quantitative estimate of drug-likeness (QED) is 0.808. The lowest BCUT2D eigenvalue weighted by molar-refractivity contribution is 0.257. The van der Waals surface area contributed by atoms with Crippen LogP contribution in [0.4, 0.5) is 0 Å². The van der Waals surface area contributed by atoms with Gasteiger partial charge in [-0.2, -0.15) is 0 Å². The number of likely N-dealkylation sites (tertiary alicyclic amines) is 1. The summed E-state index contributed by atoms with van der Waals surface area (Å²) < 4.78 is 23.6. The second-order valence-corrected chi connectivity index (χ2v) is 9.69. The molecule has 1 aliphatic heterocycles. The molecule has 1 N–H and O–H groups in total. The molecule has 0 spiro atoms. The summed E-state index contributed by atoms with van der Waals surface area (Å²) in [6.07, 6.45) is 2.36. The van der Waals surface area contributed by atoms with Gasteiger partial charge in [-0.25, -0.2) is 8.42 Å². The van der Waals surface area contributed by atoms with E-state index in [1.54, 1.807) is 20.8 Å². The first-order chi connectivity index (χ1) is 8.63. The summed E-state index contributed by atoms with van der Waals surface area (Å²) in [5.74, 6) is 0.272. The molecule has 1 rings (SSSR count). The van der Waals surface area contributed by atoms with Gasteiger partial charge in [-0.15, -0.1) is 0 Å². The molecule has 0 aromatic carbocycles. The Morgan fingerprint density at radius 2 is 1.95 bits per heavy atom. The molecule has 19 heavy (non-hydrogen) atoms. The van der Waals surface area contributed by atoms with Crippen molar-refractivity contribution < 1.29 is 8.42 Å². The summed E-state index contributed by atoms with van der Waals surface area (Å²) in [7, 11) is -3.00. The summed E-state index contributed by atoms with van der Waals surface area (Å²) in [5.41, 5.74) is 0. The van der Waals surface area contributed by atoms with Crippen molar-refractivity contribution in [3.8, 4) is 0 Å². The zero-order chi connectivity index (χ0) is 14.7. The third-order valence-electron chi connectivity index (χ3n) is 3.84. The second-order valence-electron chi connectivity index (χ2n) is 6.83. The second kappa shape index (κ2) is 6.55. The van der Waals surface area contributed by atoms with Crippen LogP contribution in [-0.4, -0.2) is 55.5 Å². The average Bonchev–Trinajstić information content (AvgIpc) is 2.69. The SMILES string of the molecule is CC(C)NCC1CCCN1CCS(=O)(=O)C(C)(C)C. The van der Waals surface area contributed by atoms with Crippen molar-refractivity contribution in [2.45, 2.75) is 64.3 Å². The Morgan fingerprint density at radius 3 is 2.47 bits per heavy atom. The Labute approximate surface area is 118 Å². The van der Waals surface area contributed by atoms with Gasteiger partial charge >= 0.3 is 0 Å². The molecule has 0 aromatic heterocycles. The average molecular weight is 290 g/mol. The maximum atomic E-state index is 12.1. The molecule has 0 bridgehead atoms. The minimum Gasteiger partial charge on any atom is -0.313 e. The molecule has 0 amide bonds. The van der Waals surface area contributed by atoms with E-state index >= 15 is 0 Å². The van der Waals surface area contributed by atoms with E-state index in [-0.39, 0.29) is 5.75 Å². The third kappa shape index (κ3) is 5.04. The van der Waals surface area contributed by atoms with Crippen LogP contribution in [0.3, 0.4) is 0 Å². The maximum Gasteiger partial charge on any atom is 0.156 e. The van der Waals surface area contributed by atoms with E-state index in [9.17, 15) is 8.42 Å². The van der Waals surface area contributed by atoms with E-state index in [2.05, 4.69) is 24.1 Å². The predicted molar refractivity (Wildman–Crippen MR) is 81.3 cm³/mol. The van der Waals surface area contributed by atoms with Crippen LogP contribution in [0.1, 0.15) is 47.5 Å². The van der Waals surface area contributed by atoms with Crippen molar-refractivity contribution in [3.05, 3.63) is 0 Å². The molecule has 1 fully saturated rings. The molecule has 4 nitrogen and oxygen atoms in total. The highest BCUT2D eigenvalue weighted by Crippen LogP contribution is 2.20. The highest BCUT2D eigenvalue weighted by molar-refractivity contribution is 7.92. The Bertz CT molecular complexity index is 371. The third-order valence-corrected chi connectivity index (χ3v) is 6.43. The first-order valence-electron chi connectivity index (χ1n) is 7.33. The molecule has 0 radical (unpaired) electrons. The summed E-state index contributed by atoms with van der Waals surface area (Å²) in [5, 5.41) is 3.45. The van der Waals surface area contributed by atoms with Crippen molar-refractivity contribution in [1.29, 1.82) is 0 Å². The number of rotatable bonds is 6. The monoisotopic (exact) mass is 290 g/mol. The van der Waals surface area contributed by atoms with Crippen LogP contribution in [0, 0.1) is 0 Å². The van der Waals surface area contributed by atoms with E-state index in [1.165, 1.54) is 12.8 Å². The molecule has 0 aliphatic carbocycles. The van der Waals surface area contributed by atoms with Gasteiger partial charge in [0.15, 0.2) is 9.84 Å². The summed E-state index contributed by atoms with van der Waals surface area (Å²) in [4.78, 5) is 2.33. The normalized spacial score (nSPS) is 22.3. The van der Waals surface area contributed by atoms with Crippen molar-refractivity contribution in [3.63, 3.8) is 0 Å². The molecular formula is C14H30N2O2S. The minimum absolute atomic E-state index is 0.272. The molecule has 114 valence electrons. The molecule has 1 atom stereocenters. The smallest absolute Gasteiger partial charge is 0.156 e. The number of sulfone groups is 1. The van der Waals surface area contributed by atoms with Crippen molar-refractivity contribution in [2.75, 3.05) is 25.4 Å². The maximum absolute atomic E-state index is 12.1. The summed E-state index contributed by atoms with van der Waals surface area (Å²) in [6.45, 7) is 12.3. The Kier molecular flexibility index (Phi) is 5.83. The number of nitrogens with zero attached hydrogens (tertiary/aromatic N) is 1. The van der Waals surface area contributed by atoms with Gasteiger partial charge in [-0.1, -0.05) is 13.8 Å². The van der Waals surface area contributed by atoms with E-state index in [1.807, 2.05) is 0 Å².